The predicted octanol–water partition coefficient (Wildman–Crippen LogP) is 6.03. The van der Waals surface area contributed by atoms with Crippen molar-refractivity contribution in [2.75, 3.05) is 23.9 Å². The molecule has 1 aromatic heterocycles. The van der Waals surface area contributed by atoms with Crippen LogP contribution in [0, 0.1) is 11.3 Å². The van der Waals surface area contributed by atoms with Gasteiger partial charge >= 0.3 is 6.18 Å². The van der Waals surface area contributed by atoms with E-state index in [0.29, 0.717) is 17.2 Å². The Morgan fingerprint density at radius 2 is 1.45 bits per heavy atom. The van der Waals surface area contributed by atoms with Crippen molar-refractivity contribution in [3.8, 4) is 6.07 Å². The molecule has 0 bridgehead atoms. The summed E-state index contributed by atoms with van der Waals surface area (Å²) in [6.07, 6.45) is -3.82. The van der Waals surface area contributed by atoms with Gasteiger partial charge in [0.2, 0.25) is 5.95 Å². The highest BCUT2D eigenvalue weighted by Gasteiger charge is 2.37. The lowest BCUT2D eigenvalue weighted by Crippen LogP contribution is -2.21. The van der Waals surface area contributed by atoms with Crippen LogP contribution in [0.4, 0.5) is 36.3 Å². The van der Waals surface area contributed by atoms with Crippen LogP contribution in [0.2, 0.25) is 0 Å². The molecule has 5 nitrogen and oxygen atoms in total. The van der Waals surface area contributed by atoms with Crippen LogP contribution in [0.25, 0.3) is 0 Å². The average Bonchev–Trinajstić information content (AvgIpc) is 2.77. The summed E-state index contributed by atoms with van der Waals surface area (Å²) in [6, 6.07) is 16.0. The third kappa shape index (κ3) is 4.77. The second-order valence-corrected chi connectivity index (χ2v) is 7.43. The molecule has 31 heavy (non-hydrogen) atoms. The van der Waals surface area contributed by atoms with E-state index in [2.05, 4.69) is 23.8 Å². The minimum atomic E-state index is -4.62. The van der Waals surface area contributed by atoms with Crippen molar-refractivity contribution in [3.05, 3.63) is 71.4 Å². The Hall–Kier alpha value is -3.60. The Kier molecular flexibility index (Phi) is 6.16. The summed E-state index contributed by atoms with van der Waals surface area (Å²) in [4.78, 5) is 11.2. The molecule has 3 rings (SSSR count). The average molecular weight is 425 g/mol. The van der Waals surface area contributed by atoms with Gasteiger partial charge in [0.15, 0.2) is 5.82 Å². The third-order valence-corrected chi connectivity index (χ3v) is 5.01. The monoisotopic (exact) mass is 425 g/mol. The highest BCUT2D eigenvalue weighted by atomic mass is 19.4. The summed E-state index contributed by atoms with van der Waals surface area (Å²) in [5.74, 6) is 0.239. The van der Waals surface area contributed by atoms with Gasteiger partial charge < -0.3 is 9.80 Å². The van der Waals surface area contributed by atoms with Crippen LogP contribution in [0.5, 0.6) is 0 Å². The molecule has 8 heteroatoms. The lowest BCUT2D eigenvalue weighted by molar-refractivity contribution is -0.137. The van der Waals surface area contributed by atoms with Crippen molar-refractivity contribution in [2.45, 2.75) is 25.9 Å². The molecule has 0 saturated carbocycles. The summed E-state index contributed by atoms with van der Waals surface area (Å²) in [5.41, 5.74) is 1.87. The number of benzene rings is 2. The van der Waals surface area contributed by atoms with Crippen LogP contribution in [-0.4, -0.2) is 24.1 Å². The fourth-order valence-electron chi connectivity index (χ4n) is 3.06. The van der Waals surface area contributed by atoms with Gasteiger partial charge in [0.05, 0.1) is 11.6 Å². The van der Waals surface area contributed by atoms with Crippen molar-refractivity contribution in [2.24, 2.45) is 0 Å². The van der Waals surface area contributed by atoms with Crippen molar-refractivity contribution in [3.63, 3.8) is 0 Å². The topological polar surface area (TPSA) is 56.1 Å². The van der Waals surface area contributed by atoms with E-state index in [1.54, 1.807) is 36.2 Å². The summed E-state index contributed by atoms with van der Waals surface area (Å²) in [5, 5.41) is 8.95. The highest BCUT2D eigenvalue weighted by Crippen LogP contribution is 2.38. The van der Waals surface area contributed by atoms with E-state index in [-0.39, 0.29) is 11.8 Å². The molecular weight excluding hydrogens is 403 g/mol. The van der Waals surface area contributed by atoms with Crippen LogP contribution in [0.15, 0.2) is 54.7 Å². The number of hydrogen-bond acceptors (Lipinski definition) is 5. The Balaban J connectivity index is 2.02. The summed E-state index contributed by atoms with van der Waals surface area (Å²) in [6.45, 7) is 4.17. The first-order valence-corrected chi connectivity index (χ1v) is 9.63. The van der Waals surface area contributed by atoms with Gasteiger partial charge in [-0.25, -0.2) is 4.98 Å². The molecule has 3 aromatic rings. The fraction of sp³-hybridized carbons (Fsp3) is 0.261. The largest absolute Gasteiger partial charge is 0.421 e. The van der Waals surface area contributed by atoms with E-state index in [1.807, 2.05) is 30.3 Å². The maximum atomic E-state index is 13.7. The van der Waals surface area contributed by atoms with Gasteiger partial charge in [0.25, 0.3) is 0 Å². The lowest BCUT2D eigenvalue weighted by Gasteiger charge is -2.25. The van der Waals surface area contributed by atoms with E-state index in [4.69, 9.17) is 5.26 Å². The number of halogens is 3. The summed E-state index contributed by atoms with van der Waals surface area (Å²) in [7, 11) is 3.21. The van der Waals surface area contributed by atoms with Crippen LogP contribution in [0.3, 0.4) is 0 Å². The molecule has 0 fully saturated rings. The first kappa shape index (κ1) is 22.1. The molecule has 0 atom stereocenters. The van der Waals surface area contributed by atoms with Gasteiger partial charge in [-0.05, 0) is 47.9 Å². The predicted molar refractivity (Wildman–Crippen MR) is 115 cm³/mol. The van der Waals surface area contributed by atoms with Crippen molar-refractivity contribution < 1.29 is 13.2 Å². The van der Waals surface area contributed by atoms with Gasteiger partial charge in [0.1, 0.15) is 5.56 Å². The minimum Gasteiger partial charge on any atom is -0.329 e. The Morgan fingerprint density at radius 1 is 0.903 bits per heavy atom. The number of hydrogen-bond donors (Lipinski definition) is 0. The quantitative estimate of drug-likeness (QED) is 0.500. The van der Waals surface area contributed by atoms with Crippen LogP contribution in [0.1, 0.15) is 36.5 Å². The van der Waals surface area contributed by atoms with Crippen molar-refractivity contribution in [1.82, 2.24) is 9.97 Å². The first-order valence-electron chi connectivity index (χ1n) is 9.63. The molecule has 0 N–H and O–H groups in total. The molecule has 1 heterocycles. The zero-order valence-electron chi connectivity index (χ0n) is 17.6. The Labute approximate surface area is 179 Å². The van der Waals surface area contributed by atoms with Gasteiger partial charge in [-0.1, -0.05) is 26.0 Å². The zero-order chi connectivity index (χ0) is 22.8. The maximum Gasteiger partial charge on any atom is 0.421 e. The third-order valence-electron chi connectivity index (χ3n) is 5.01. The summed E-state index contributed by atoms with van der Waals surface area (Å²) >= 11 is 0. The lowest BCUT2D eigenvalue weighted by atomic mass is 10.0. The SMILES string of the molecule is CC(C)c1ccc(N(C)c2ncc(C(F)(F)F)c(N(C)c3ccc(C#N)cc3)n2)cc1. The van der Waals surface area contributed by atoms with Gasteiger partial charge in [0, 0.05) is 31.7 Å². The zero-order valence-corrected chi connectivity index (χ0v) is 17.6. The van der Waals surface area contributed by atoms with Crippen LogP contribution >= 0.6 is 0 Å². The van der Waals surface area contributed by atoms with E-state index in [1.165, 1.54) is 11.9 Å². The Morgan fingerprint density at radius 3 is 1.97 bits per heavy atom. The molecule has 160 valence electrons. The number of alkyl halides is 3. The van der Waals surface area contributed by atoms with Crippen molar-refractivity contribution >= 4 is 23.1 Å². The van der Waals surface area contributed by atoms with E-state index < -0.39 is 11.7 Å². The smallest absolute Gasteiger partial charge is 0.329 e. The highest BCUT2D eigenvalue weighted by molar-refractivity contribution is 5.66. The molecule has 0 aliphatic rings. The second kappa shape index (κ2) is 8.64. The van der Waals surface area contributed by atoms with E-state index in [9.17, 15) is 13.2 Å². The van der Waals surface area contributed by atoms with Crippen molar-refractivity contribution in [1.29, 1.82) is 5.26 Å². The molecule has 0 radical (unpaired) electrons. The standard InChI is InChI=1S/C23H22F3N5/c1-15(2)17-7-11-19(12-8-17)31(4)22-28-14-20(23(24,25)26)21(29-22)30(3)18-9-5-16(13-27)6-10-18/h5-12,14-15H,1-4H3. The number of nitriles is 1. The maximum absolute atomic E-state index is 13.7. The number of aromatic nitrogens is 2. The van der Waals surface area contributed by atoms with Gasteiger partial charge in [-0.15, -0.1) is 0 Å². The minimum absolute atomic E-state index is 0.140. The molecule has 0 saturated heterocycles. The second-order valence-electron chi connectivity index (χ2n) is 7.43. The molecule has 0 unspecified atom stereocenters. The normalized spacial score (nSPS) is 11.3. The van der Waals surface area contributed by atoms with E-state index >= 15 is 0 Å². The molecular formula is C23H22F3N5. The Bertz CT molecular complexity index is 1080. The van der Waals surface area contributed by atoms with Gasteiger partial charge in [-0.2, -0.15) is 23.4 Å². The fourth-order valence-corrected chi connectivity index (χ4v) is 3.06. The number of rotatable bonds is 5. The number of anilines is 4. The van der Waals surface area contributed by atoms with Crippen LogP contribution in [-0.2, 0) is 6.18 Å². The summed E-state index contributed by atoms with van der Waals surface area (Å²) < 4.78 is 41.0. The molecule has 0 spiro atoms. The molecule has 0 aliphatic heterocycles. The van der Waals surface area contributed by atoms with E-state index in [0.717, 1.165) is 17.4 Å². The molecule has 0 amide bonds. The molecule has 2 aromatic carbocycles. The van der Waals surface area contributed by atoms with Gasteiger partial charge in [-0.3, -0.25) is 0 Å². The number of nitrogens with zero attached hydrogens (tertiary/aromatic N) is 5. The molecule has 0 aliphatic carbocycles. The first-order chi connectivity index (χ1) is 14.6. The van der Waals surface area contributed by atoms with Crippen LogP contribution < -0.4 is 9.80 Å².